The first-order chi connectivity index (χ1) is 13.2. The van der Waals surface area contributed by atoms with Crippen LogP contribution in [0.1, 0.15) is 42.3 Å². The lowest BCUT2D eigenvalue weighted by atomic mass is 9.85. The topological polar surface area (TPSA) is 84.9 Å². The van der Waals surface area contributed by atoms with Crippen molar-refractivity contribution >= 4 is 23.6 Å². The van der Waals surface area contributed by atoms with Gasteiger partial charge in [0.05, 0.1) is 5.56 Å². The molecule has 1 aliphatic heterocycles. The van der Waals surface area contributed by atoms with E-state index >= 15 is 0 Å². The van der Waals surface area contributed by atoms with E-state index in [2.05, 4.69) is 5.32 Å². The third kappa shape index (κ3) is 4.52. The van der Waals surface area contributed by atoms with Gasteiger partial charge < -0.3 is 19.9 Å². The second kappa shape index (κ2) is 7.76. The number of carboxylic acids is 1. The minimum absolute atomic E-state index is 0.163. The number of amides is 1. The average Bonchev–Trinajstić information content (AvgIpc) is 2.65. The van der Waals surface area contributed by atoms with Gasteiger partial charge in [-0.3, -0.25) is 4.79 Å². The number of ether oxygens (including phenoxy) is 2. The van der Waals surface area contributed by atoms with Crippen LogP contribution in [0.5, 0.6) is 11.5 Å². The molecule has 0 saturated heterocycles. The number of carbonyl (C=O) groups excluding carboxylic acids is 1. The molecule has 2 aromatic carbocycles. The molecular formula is C22H23NO5. The summed E-state index contributed by atoms with van der Waals surface area (Å²) in [5, 5.41) is 12.2. The predicted molar refractivity (Wildman–Crippen MR) is 107 cm³/mol. The summed E-state index contributed by atoms with van der Waals surface area (Å²) in [6, 6.07) is 10.4. The van der Waals surface area contributed by atoms with Crippen molar-refractivity contribution in [1.82, 2.24) is 0 Å². The number of rotatable bonds is 4. The summed E-state index contributed by atoms with van der Waals surface area (Å²) in [4.78, 5) is 23.9. The molecule has 0 fully saturated rings. The van der Waals surface area contributed by atoms with E-state index in [1.807, 2.05) is 26.8 Å². The van der Waals surface area contributed by atoms with Crippen LogP contribution in [-0.4, -0.2) is 30.2 Å². The second-order valence-electron chi connectivity index (χ2n) is 7.54. The number of benzene rings is 2. The standard InChI is InChI=1S/C22H23NO5/c1-22(2,3)15-6-4-14(17(12-15)21(25)26)5-9-20(24)23-16-7-8-18-19(13-16)28-11-10-27-18/h4-9,12-13H,10-11H2,1-3H3,(H,23,24)(H,25,26). The van der Waals surface area contributed by atoms with Crippen LogP contribution in [0, 0.1) is 0 Å². The van der Waals surface area contributed by atoms with Crippen LogP contribution in [0.25, 0.3) is 6.08 Å². The average molecular weight is 381 g/mol. The molecule has 0 atom stereocenters. The Balaban J connectivity index is 1.76. The van der Waals surface area contributed by atoms with Gasteiger partial charge in [-0.15, -0.1) is 0 Å². The maximum atomic E-state index is 12.2. The van der Waals surface area contributed by atoms with Crippen molar-refractivity contribution in [2.75, 3.05) is 18.5 Å². The van der Waals surface area contributed by atoms with E-state index in [0.717, 1.165) is 5.56 Å². The number of nitrogens with one attached hydrogen (secondary N) is 1. The molecule has 2 aromatic rings. The zero-order valence-corrected chi connectivity index (χ0v) is 16.1. The van der Waals surface area contributed by atoms with Crippen molar-refractivity contribution in [3.8, 4) is 11.5 Å². The van der Waals surface area contributed by atoms with Crippen molar-refractivity contribution in [1.29, 1.82) is 0 Å². The smallest absolute Gasteiger partial charge is 0.336 e. The van der Waals surface area contributed by atoms with Gasteiger partial charge in [0.25, 0.3) is 0 Å². The SMILES string of the molecule is CC(C)(C)c1ccc(C=CC(=O)Nc2ccc3c(c2)OCCO3)c(C(=O)O)c1. The van der Waals surface area contributed by atoms with Crippen LogP contribution in [-0.2, 0) is 10.2 Å². The molecule has 146 valence electrons. The lowest BCUT2D eigenvalue weighted by Gasteiger charge is -2.20. The van der Waals surface area contributed by atoms with Gasteiger partial charge in [0, 0.05) is 17.8 Å². The fraction of sp³-hybridized carbons (Fsp3) is 0.273. The summed E-state index contributed by atoms with van der Waals surface area (Å²) >= 11 is 0. The van der Waals surface area contributed by atoms with Crippen molar-refractivity contribution < 1.29 is 24.2 Å². The minimum Gasteiger partial charge on any atom is -0.486 e. The molecule has 0 unspecified atom stereocenters. The highest BCUT2D eigenvalue weighted by Crippen LogP contribution is 2.32. The highest BCUT2D eigenvalue weighted by molar-refractivity contribution is 6.03. The Hall–Kier alpha value is -3.28. The molecule has 0 bridgehead atoms. The van der Waals surface area contributed by atoms with Gasteiger partial charge in [-0.2, -0.15) is 0 Å². The third-order valence-electron chi connectivity index (χ3n) is 4.37. The van der Waals surface area contributed by atoms with Gasteiger partial charge in [-0.05, 0) is 40.8 Å². The summed E-state index contributed by atoms with van der Waals surface area (Å²) in [5.74, 6) is -0.172. The lowest BCUT2D eigenvalue weighted by Crippen LogP contribution is -2.16. The quantitative estimate of drug-likeness (QED) is 0.779. The zero-order valence-electron chi connectivity index (χ0n) is 16.1. The van der Waals surface area contributed by atoms with Gasteiger partial charge in [0.2, 0.25) is 5.91 Å². The van der Waals surface area contributed by atoms with Gasteiger partial charge in [-0.25, -0.2) is 4.79 Å². The van der Waals surface area contributed by atoms with E-state index in [4.69, 9.17) is 9.47 Å². The Morgan fingerprint density at radius 3 is 2.43 bits per heavy atom. The van der Waals surface area contributed by atoms with E-state index in [-0.39, 0.29) is 16.9 Å². The second-order valence-corrected chi connectivity index (χ2v) is 7.54. The summed E-state index contributed by atoms with van der Waals surface area (Å²) < 4.78 is 10.9. The number of hydrogen-bond acceptors (Lipinski definition) is 4. The molecule has 1 aliphatic rings. The number of fused-ring (bicyclic) bond motifs is 1. The molecule has 0 aromatic heterocycles. The van der Waals surface area contributed by atoms with Crippen LogP contribution in [0.4, 0.5) is 5.69 Å². The Kier molecular flexibility index (Phi) is 5.40. The van der Waals surface area contributed by atoms with Crippen molar-refractivity contribution in [3.63, 3.8) is 0 Å². The Morgan fingerprint density at radius 2 is 1.75 bits per heavy atom. The molecule has 6 nitrogen and oxygen atoms in total. The normalized spacial score (nSPS) is 13.4. The van der Waals surface area contributed by atoms with E-state index in [9.17, 15) is 14.7 Å². The fourth-order valence-electron chi connectivity index (χ4n) is 2.82. The Morgan fingerprint density at radius 1 is 1.04 bits per heavy atom. The molecule has 0 spiro atoms. The highest BCUT2D eigenvalue weighted by Gasteiger charge is 2.18. The first-order valence-corrected chi connectivity index (χ1v) is 9.00. The highest BCUT2D eigenvalue weighted by atomic mass is 16.6. The molecule has 0 radical (unpaired) electrons. The van der Waals surface area contributed by atoms with E-state index < -0.39 is 5.97 Å². The first kappa shape index (κ1) is 19.5. The molecule has 3 rings (SSSR count). The van der Waals surface area contributed by atoms with Gasteiger partial charge >= 0.3 is 5.97 Å². The number of aromatic carboxylic acids is 1. The molecule has 28 heavy (non-hydrogen) atoms. The number of carboxylic acid groups (broad SMARTS) is 1. The van der Waals surface area contributed by atoms with Gasteiger partial charge in [0.15, 0.2) is 11.5 Å². The minimum atomic E-state index is -1.03. The van der Waals surface area contributed by atoms with Crippen LogP contribution >= 0.6 is 0 Å². The predicted octanol–water partition coefficient (Wildman–Crippen LogP) is 4.11. The molecule has 2 N–H and O–H groups in total. The third-order valence-corrected chi connectivity index (χ3v) is 4.37. The number of anilines is 1. The Labute approximate surface area is 163 Å². The summed E-state index contributed by atoms with van der Waals surface area (Å²) in [5.41, 5.74) is 1.96. The van der Waals surface area contributed by atoms with Crippen molar-refractivity contribution in [2.45, 2.75) is 26.2 Å². The molecule has 1 heterocycles. The maximum absolute atomic E-state index is 12.2. The van der Waals surface area contributed by atoms with Gasteiger partial charge in [0.1, 0.15) is 13.2 Å². The number of hydrogen-bond donors (Lipinski definition) is 2. The fourth-order valence-corrected chi connectivity index (χ4v) is 2.82. The first-order valence-electron chi connectivity index (χ1n) is 9.00. The largest absolute Gasteiger partial charge is 0.486 e. The summed E-state index contributed by atoms with van der Waals surface area (Å²) in [6.07, 6.45) is 2.82. The van der Waals surface area contributed by atoms with Gasteiger partial charge in [-0.1, -0.05) is 32.9 Å². The summed E-state index contributed by atoms with van der Waals surface area (Å²) in [6.45, 7) is 7.02. The molecular weight excluding hydrogens is 358 g/mol. The lowest BCUT2D eigenvalue weighted by molar-refractivity contribution is -0.111. The monoisotopic (exact) mass is 381 g/mol. The zero-order chi connectivity index (χ0) is 20.3. The number of carbonyl (C=O) groups is 2. The maximum Gasteiger partial charge on any atom is 0.336 e. The van der Waals surface area contributed by atoms with Crippen LogP contribution in [0.3, 0.4) is 0 Å². The van der Waals surface area contributed by atoms with Crippen LogP contribution in [0.15, 0.2) is 42.5 Å². The van der Waals surface area contributed by atoms with Crippen LogP contribution in [0.2, 0.25) is 0 Å². The van der Waals surface area contributed by atoms with Crippen molar-refractivity contribution in [3.05, 3.63) is 59.2 Å². The Bertz CT molecular complexity index is 940. The molecule has 6 heteroatoms. The van der Waals surface area contributed by atoms with Crippen LogP contribution < -0.4 is 14.8 Å². The molecule has 0 aliphatic carbocycles. The van der Waals surface area contributed by atoms with Crippen molar-refractivity contribution in [2.24, 2.45) is 0 Å². The molecule has 0 saturated carbocycles. The molecule has 1 amide bonds. The van der Waals surface area contributed by atoms with E-state index in [1.165, 1.54) is 12.2 Å². The van der Waals surface area contributed by atoms with E-state index in [1.54, 1.807) is 30.3 Å². The van der Waals surface area contributed by atoms with E-state index in [0.29, 0.717) is 36.0 Å². The summed E-state index contributed by atoms with van der Waals surface area (Å²) in [7, 11) is 0.